The maximum atomic E-state index is 12.1. The summed E-state index contributed by atoms with van der Waals surface area (Å²) in [6.07, 6.45) is 1.99. The lowest BCUT2D eigenvalue weighted by Crippen LogP contribution is -2.31. The summed E-state index contributed by atoms with van der Waals surface area (Å²) in [6, 6.07) is 13.6. The number of para-hydroxylation sites is 1. The van der Waals surface area contributed by atoms with E-state index in [1.54, 1.807) is 0 Å². The van der Waals surface area contributed by atoms with E-state index in [-0.39, 0.29) is 5.63 Å². The van der Waals surface area contributed by atoms with Crippen LogP contribution in [-0.2, 0) is 6.54 Å². The van der Waals surface area contributed by atoms with Gasteiger partial charge in [-0.25, -0.2) is 4.79 Å². The van der Waals surface area contributed by atoms with Gasteiger partial charge < -0.3 is 4.42 Å². The number of hydrogen-bond acceptors (Lipinski definition) is 2. The molecule has 4 rings (SSSR count). The summed E-state index contributed by atoms with van der Waals surface area (Å²) in [5, 5.41) is 1.02. The molecule has 1 aliphatic heterocycles. The lowest BCUT2D eigenvalue weighted by molar-refractivity contribution is -0.672. The Morgan fingerprint density at radius 1 is 1.06 bits per heavy atom. The van der Waals surface area contributed by atoms with Gasteiger partial charge in [0.05, 0.1) is 0 Å². The van der Waals surface area contributed by atoms with Gasteiger partial charge in [-0.2, -0.15) is 4.57 Å². The second-order valence-corrected chi connectivity index (χ2v) is 4.45. The van der Waals surface area contributed by atoms with Gasteiger partial charge in [0.2, 0.25) is 5.69 Å². The topological polar surface area (TPSA) is 34.1 Å². The van der Waals surface area contributed by atoms with Crippen LogP contribution in [0.5, 0.6) is 0 Å². The van der Waals surface area contributed by atoms with Gasteiger partial charge in [0.1, 0.15) is 11.1 Å². The minimum atomic E-state index is -0.249. The van der Waals surface area contributed by atoms with E-state index < -0.39 is 0 Å². The summed E-state index contributed by atoms with van der Waals surface area (Å²) in [4.78, 5) is 12.1. The van der Waals surface area contributed by atoms with Gasteiger partial charge in [0.25, 0.3) is 0 Å². The maximum Gasteiger partial charge on any atom is 0.350 e. The van der Waals surface area contributed by atoms with E-state index in [1.165, 1.54) is 0 Å². The molecule has 0 aliphatic carbocycles. The van der Waals surface area contributed by atoms with Crippen LogP contribution in [0.25, 0.3) is 22.2 Å². The number of pyridine rings is 1. The van der Waals surface area contributed by atoms with Gasteiger partial charge in [-0.15, -0.1) is 0 Å². The third-order valence-electron chi connectivity index (χ3n) is 3.45. The first-order valence-corrected chi connectivity index (χ1v) is 5.88. The molecule has 0 unspecified atom stereocenters. The summed E-state index contributed by atoms with van der Waals surface area (Å²) in [6.45, 7) is 0.734. The number of hydrogen-bond donors (Lipinski definition) is 0. The SMILES string of the molecule is O=c1oc2ccccc2c2c1-c1cccc[n+]1C2. The fraction of sp³-hybridized carbons (Fsp3) is 0.0667. The molecule has 86 valence electrons. The lowest BCUT2D eigenvalue weighted by Gasteiger charge is -1.99. The zero-order valence-electron chi connectivity index (χ0n) is 9.59. The average molecular weight is 236 g/mol. The molecule has 0 N–H and O–H groups in total. The Hall–Kier alpha value is -2.42. The third kappa shape index (κ3) is 1.13. The van der Waals surface area contributed by atoms with Crippen molar-refractivity contribution in [1.29, 1.82) is 0 Å². The van der Waals surface area contributed by atoms with Crippen molar-refractivity contribution in [1.82, 2.24) is 0 Å². The summed E-state index contributed by atoms with van der Waals surface area (Å²) < 4.78 is 7.47. The number of rotatable bonds is 0. The van der Waals surface area contributed by atoms with E-state index in [2.05, 4.69) is 4.57 Å². The van der Waals surface area contributed by atoms with Crippen LogP contribution in [-0.4, -0.2) is 0 Å². The minimum absolute atomic E-state index is 0.249. The molecule has 1 aliphatic rings. The first kappa shape index (κ1) is 9.59. The second kappa shape index (κ2) is 3.29. The molecule has 3 nitrogen and oxygen atoms in total. The van der Waals surface area contributed by atoms with Crippen LogP contribution in [0.4, 0.5) is 0 Å². The lowest BCUT2D eigenvalue weighted by atomic mass is 10.1. The van der Waals surface area contributed by atoms with Crippen LogP contribution >= 0.6 is 0 Å². The van der Waals surface area contributed by atoms with Crippen LogP contribution in [0.2, 0.25) is 0 Å². The van der Waals surface area contributed by atoms with Gasteiger partial charge in [-0.3, -0.25) is 0 Å². The minimum Gasteiger partial charge on any atom is -0.422 e. The van der Waals surface area contributed by atoms with Gasteiger partial charge in [0, 0.05) is 23.1 Å². The standard InChI is InChI=1S/C15H10NO2/c17-15-14-11(9-16-8-4-3-6-12(14)16)10-5-1-2-7-13(10)18-15/h1-8H,9H2/q+1. The van der Waals surface area contributed by atoms with Crippen LogP contribution in [0.3, 0.4) is 0 Å². The first-order chi connectivity index (χ1) is 8.84. The zero-order chi connectivity index (χ0) is 12.1. The highest BCUT2D eigenvalue weighted by atomic mass is 16.4. The van der Waals surface area contributed by atoms with E-state index in [0.29, 0.717) is 11.1 Å². The van der Waals surface area contributed by atoms with Crippen molar-refractivity contribution < 1.29 is 8.98 Å². The van der Waals surface area contributed by atoms with Gasteiger partial charge >= 0.3 is 5.63 Å². The Bertz CT molecular complexity index is 833. The molecule has 0 radical (unpaired) electrons. The molecule has 2 aromatic heterocycles. The average Bonchev–Trinajstić information content (AvgIpc) is 2.79. The largest absolute Gasteiger partial charge is 0.422 e. The monoisotopic (exact) mass is 236 g/mol. The normalized spacial score (nSPS) is 12.4. The van der Waals surface area contributed by atoms with Crippen LogP contribution < -0.4 is 10.2 Å². The van der Waals surface area contributed by atoms with Crippen LogP contribution in [0, 0.1) is 0 Å². The van der Waals surface area contributed by atoms with E-state index in [0.717, 1.165) is 23.2 Å². The van der Waals surface area contributed by atoms with Gasteiger partial charge in [-0.1, -0.05) is 18.2 Å². The fourth-order valence-electron chi connectivity index (χ4n) is 2.65. The number of benzene rings is 1. The molecule has 3 heterocycles. The molecule has 18 heavy (non-hydrogen) atoms. The molecule has 0 saturated carbocycles. The van der Waals surface area contributed by atoms with Gasteiger partial charge in [0.15, 0.2) is 12.7 Å². The molecule has 0 atom stereocenters. The highest BCUT2D eigenvalue weighted by molar-refractivity contribution is 5.86. The Balaban J connectivity index is 2.19. The first-order valence-electron chi connectivity index (χ1n) is 5.88. The maximum absolute atomic E-state index is 12.1. The van der Waals surface area contributed by atoms with E-state index in [9.17, 15) is 4.79 Å². The van der Waals surface area contributed by atoms with Crippen molar-refractivity contribution in [2.75, 3.05) is 0 Å². The molecular formula is C15H10NO2+. The zero-order valence-corrected chi connectivity index (χ0v) is 9.59. The van der Waals surface area contributed by atoms with Gasteiger partial charge in [-0.05, 0) is 12.1 Å². The van der Waals surface area contributed by atoms with E-state index in [1.807, 2.05) is 48.7 Å². The Labute approximate surface area is 103 Å². The molecule has 3 aromatic rings. The second-order valence-electron chi connectivity index (χ2n) is 4.45. The molecule has 0 spiro atoms. The third-order valence-corrected chi connectivity index (χ3v) is 3.45. The number of fused-ring (bicyclic) bond motifs is 5. The van der Waals surface area contributed by atoms with Crippen molar-refractivity contribution in [2.24, 2.45) is 0 Å². The van der Waals surface area contributed by atoms with Crippen molar-refractivity contribution in [3.63, 3.8) is 0 Å². The molecule has 0 fully saturated rings. The molecule has 1 aromatic carbocycles. The highest BCUT2D eigenvalue weighted by Crippen LogP contribution is 2.29. The molecule has 0 amide bonds. The molecule has 0 saturated heterocycles. The Kier molecular flexibility index (Phi) is 1.75. The number of nitrogens with zero attached hydrogens (tertiary/aromatic N) is 1. The summed E-state index contributed by atoms with van der Waals surface area (Å²) in [5.74, 6) is 0. The smallest absolute Gasteiger partial charge is 0.350 e. The van der Waals surface area contributed by atoms with E-state index in [4.69, 9.17) is 4.42 Å². The predicted octanol–water partition coefficient (Wildman–Crippen LogP) is 2.11. The van der Waals surface area contributed by atoms with Crippen molar-refractivity contribution in [3.05, 3.63) is 64.6 Å². The van der Waals surface area contributed by atoms with Crippen molar-refractivity contribution in [2.45, 2.75) is 6.54 Å². The van der Waals surface area contributed by atoms with Crippen LogP contribution in [0.1, 0.15) is 5.56 Å². The Morgan fingerprint density at radius 2 is 1.89 bits per heavy atom. The van der Waals surface area contributed by atoms with Crippen LogP contribution in [0.15, 0.2) is 57.9 Å². The fourth-order valence-corrected chi connectivity index (χ4v) is 2.65. The molecule has 0 bridgehead atoms. The summed E-state index contributed by atoms with van der Waals surface area (Å²) in [7, 11) is 0. The molecule has 3 heteroatoms. The number of aromatic nitrogens is 1. The predicted molar refractivity (Wildman–Crippen MR) is 67.2 cm³/mol. The highest BCUT2D eigenvalue weighted by Gasteiger charge is 2.31. The van der Waals surface area contributed by atoms with Crippen molar-refractivity contribution in [3.8, 4) is 11.3 Å². The van der Waals surface area contributed by atoms with Crippen molar-refractivity contribution >= 4 is 11.0 Å². The quantitative estimate of drug-likeness (QED) is 0.346. The summed E-state index contributed by atoms with van der Waals surface area (Å²) in [5.41, 5.74) is 3.12. The Morgan fingerprint density at radius 3 is 2.83 bits per heavy atom. The van der Waals surface area contributed by atoms with E-state index >= 15 is 0 Å². The summed E-state index contributed by atoms with van der Waals surface area (Å²) >= 11 is 0. The molecular weight excluding hydrogens is 226 g/mol.